The van der Waals surface area contributed by atoms with Crippen LogP contribution in [-0.2, 0) is 0 Å². The number of rotatable bonds is 0. The van der Waals surface area contributed by atoms with Crippen molar-refractivity contribution in [2.24, 2.45) is 17.4 Å². The van der Waals surface area contributed by atoms with Crippen LogP contribution in [0.2, 0.25) is 0 Å². The lowest BCUT2D eigenvalue weighted by Crippen LogP contribution is -2.26. The SMILES string of the molecule is NC1=CC=C(N)C1=C1CCC(C(F)(F)F)CC1. The van der Waals surface area contributed by atoms with E-state index >= 15 is 0 Å². The minimum atomic E-state index is -4.07. The first-order valence-corrected chi connectivity index (χ1v) is 5.62. The van der Waals surface area contributed by atoms with Crippen LogP contribution in [0.4, 0.5) is 13.2 Å². The van der Waals surface area contributed by atoms with Gasteiger partial charge in [-0.25, -0.2) is 0 Å². The second kappa shape index (κ2) is 4.13. The van der Waals surface area contributed by atoms with Crippen LogP contribution in [0.15, 0.2) is 34.7 Å². The molecular formula is C12H15F3N2. The number of nitrogens with two attached hydrogens (primary N) is 2. The van der Waals surface area contributed by atoms with Crippen LogP contribution in [0.5, 0.6) is 0 Å². The maximum absolute atomic E-state index is 12.5. The molecule has 0 aromatic heterocycles. The van der Waals surface area contributed by atoms with Gasteiger partial charge in [0.1, 0.15) is 0 Å². The van der Waals surface area contributed by atoms with Crippen LogP contribution in [0.25, 0.3) is 0 Å². The summed E-state index contributed by atoms with van der Waals surface area (Å²) in [4.78, 5) is 0. The normalized spacial score (nSPS) is 25.9. The fraction of sp³-hybridized carbons (Fsp3) is 0.500. The molecule has 0 aromatic carbocycles. The van der Waals surface area contributed by atoms with E-state index in [9.17, 15) is 13.2 Å². The van der Waals surface area contributed by atoms with Gasteiger partial charge in [0.2, 0.25) is 0 Å². The molecule has 2 aliphatic rings. The van der Waals surface area contributed by atoms with E-state index in [1.54, 1.807) is 12.2 Å². The third-order valence-corrected chi connectivity index (χ3v) is 3.43. The maximum Gasteiger partial charge on any atom is 0.391 e. The third-order valence-electron chi connectivity index (χ3n) is 3.43. The molecule has 2 rings (SSSR count). The van der Waals surface area contributed by atoms with Crippen LogP contribution >= 0.6 is 0 Å². The van der Waals surface area contributed by atoms with Crippen LogP contribution in [-0.4, -0.2) is 6.18 Å². The average molecular weight is 244 g/mol. The van der Waals surface area contributed by atoms with Gasteiger partial charge in [-0.2, -0.15) is 13.2 Å². The van der Waals surface area contributed by atoms with Crippen molar-refractivity contribution in [1.29, 1.82) is 0 Å². The summed E-state index contributed by atoms with van der Waals surface area (Å²) >= 11 is 0. The van der Waals surface area contributed by atoms with Gasteiger partial charge in [-0.15, -0.1) is 0 Å². The third kappa shape index (κ3) is 2.33. The zero-order valence-corrected chi connectivity index (χ0v) is 9.35. The number of halogens is 3. The van der Waals surface area contributed by atoms with E-state index in [0.29, 0.717) is 24.2 Å². The zero-order chi connectivity index (χ0) is 12.6. The van der Waals surface area contributed by atoms with Crippen molar-refractivity contribution in [2.75, 3.05) is 0 Å². The Morgan fingerprint density at radius 3 is 1.88 bits per heavy atom. The first kappa shape index (κ1) is 12.1. The van der Waals surface area contributed by atoms with Crippen LogP contribution in [0, 0.1) is 5.92 Å². The highest BCUT2D eigenvalue weighted by molar-refractivity contribution is 5.54. The van der Waals surface area contributed by atoms with Gasteiger partial charge in [-0.05, 0) is 37.8 Å². The molecule has 0 bridgehead atoms. The van der Waals surface area contributed by atoms with Gasteiger partial charge in [0.15, 0.2) is 0 Å². The monoisotopic (exact) mass is 244 g/mol. The average Bonchev–Trinajstić information content (AvgIpc) is 2.58. The number of alkyl halides is 3. The molecule has 0 aromatic rings. The Bertz CT molecular complexity index is 386. The van der Waals surface area contributed by atoms with Crippen molar-refractivity contribution in [3.05, 3.63) is 34.7 Å². The highest BCUT2D eigenvalue weighted by atomic mass is 19.4. The van der Waals surface area contributed by atoms with E-state index in [4.69, 9.17) is 11.5 Å². The standard InChI is InChI=1S/C12H15F3N2/c13-12(14,15)8-3-1-7(2-4-8)11-9(16)5-6-10(11)17/h5-6,8H,1-4,16-17H2. The van der Waals surface area contributed by atoms with Crippen molar-refractivity contribution >= 4 is 0 Å². The molecule has 1 saturated carbocycles. The number of allylic oxidation sites excluding steroid dienone is 3. The molecule has 0 aliphatic heterocycles. The van der Waals surface area contributed by atoms with E-state index in [-0.39, 0.29) is 12.8 Å². The van der Waals surface area contributed by atoms with Gasteiger partial charge in [0.25, 0.3) is 0 Å². The van der Waals surface area contributed by atoms with Crippen molar-refractivity contribution < 1.29 is 13.2 Å². The van der Waals surface area contributed by atoms with Gasteiger partial charge in [0, 0.05) is 17.0 Å². The minimum Gasteiger partial charge on any atom is -0.398 e. The Kier molecular flexibility index (Phi) is 2.93. The summed E-state index contributed by atoms with van der Waals surface area (Å²) < 4.78 is 37.5. The Labute approximate surface area is 97.8 Å². The topological polar surface area (TPSA) is 52.0 Å². The lowest BCUT2D eigenvalue weighted by atomic mass is 9.82. The van der Waals surface area contributed by atoms with E-state index in [1.165, 1.54) is 0 Å². The summed E-state index contributed by atoms with van der Waals surface area (Å²) in [6, 6.07) is 0. The molecule has 1 fully saturated rings. The first-order chi connectivity index (χ1) is 7.89. The fourth-order valence-electron chi connectivity index (χ4n) is 2.46. The van der Waals surface area contributed by atoms with E-state index in [1.807, 2.05) is 0 Å². The fourth-order valence-corrected chi connectivity index (χ4v) is 2.46. The van der Waals surface area contributed by atoms with Gasteiger partial charge < -0.3 is 11.5 Å². The summed E-state index contributed by atoms with van der Waals surface area (Å²) in [5.41, 5.74) is 14.4. The molecule has 17 heavy (non-hydrogen) atoms. The van der Waals surface area contributed by atoms with Gasteiger partial charge >= 0.3 is 6.18 Å². The Balaban J connectivity index is 2.12. The summed E-state index contributed by atoms with van der Waals surface area (Å²) in [7, 11) is 0. The molecule has 2 aliphatic carbocycles. The van der Waals surface area contributed by atoms with Crippen LogP contribution in [0.1, 0.15) is 25.7 Å². The Morgan fingerprint density at radius 1 is 1.00 bits per heavy atom. The molecule has 0 heterocycles. The second-order valence-electron chi connectivity index (χ2n) is 4.54. The molecule has 5 heteroatoms. The van der Waals surface area contributed by atoms with E-state index in [2.05, 4.69) is 0 Å². The highest BCUT2D eigenvalue weighted by Gasteiger charge is 2.40. The lowest BCUT2D eigenvalue weighted by molar-refractivity contribution is -0.179. The molecule has 0 unspecified atom stereocenters. The lowest BCUT2D eigenvalue weighted by Gasteiger charge is -2.27. The van der Waals surface area contributed by atoms with E-state index < -0.39 is 12.1 Å². The summed E-state index contributed by atoms with van der Waals surface area (Å²) in [6.07, 6.45) is 0.479. The number of hydrogen-bond acceptors (Lipinski definition) is 2. The van der Waals surface area contributed by atoms with Crippen molar-refractivity contribution in [3.8, 4) is 0 Å². The molecule has 94 valence electrons. The molecule has 4 N–H and O–H groups in total. The predicted octanol–water partition coefficient (Wildman–Crippen LogP) is 2.73. The van der Waals surface area contributed by atoms with Crippen LogP contribution in [0.3, 0.4) is 0 Å². The summed E-state index contributed by atoms with van der Waals surface area (Å²) in [5.74, 6) is -1.18. The highest BCUT2D eigenvalue weighted by Crippen LogP contribution is 2.41. The van der Waals surface area contributed by atoms with Gasteiger partial charge in [-0.1, -0.05) is 5.57 Å². The van der Waals surface area contributed by atoms with Gasteiger partial charge in [0.05, 0.1) is 5.92 Å². The molecular weight excluding hydrogens is 229 g/mol. The Hall–Kier alpha value is -1.39. The quantitative estimate of drug-likeness (QED) is 0.688. The smallest absolute Gasteiger partial charge is 0.391 e. The largest absolute Gasteiger partial charge is 0.398 e. The molecule has 0 atom stereocenters. The van der Waals surface area contributed by atoms with Crippen molar-refractivity contribution in [3.63, 3.8) is 0 Å². The van der Waals surface area contributed by atoms with Crippen molar-refractivity contribution in [1.82, 2.24) is 0 Å². The van der Waals surface area contributed by atoms with Gasteiger partial charge in [-0.3, -0.25) is 0 Å². The number of hydrogen-bond donors (Lipinski definition) is 2. The predicted molar refractivity (Wildman–Crippen MR) is 59.6 cm³/mol. The maximum atomic E-state index is 12.5. The second-order valence-corrected chi connectivity index (χ2v) is 4.54. The van der Waals surface area contributed by atoms with E-state index in [0.717, 1.165) is 11.1 Å². The van der Waals surface area contributed by atoms with Crippen LogP contribution < -0.4 is 11.5 Å². The molecule has 0 amide bonds. The summed E-state index contributed by atoms with van der Waals surface area (Å²) in [5, 5.41) is 0. The molecule has 0 saturated heterocycles. The van der Waals surface area contributed by atoms with Crippen molar-refractivity contribution in [2.45, 2.75) is 31.9 Å². The Morgan fingerprint density at radius 2 is 1.47 bits per heavy atom. The first-order valence-electron chi connectivity index (χ1n) is 5.62. The molecule has 2 nitrogen and oxygen atoms in total. The molecule has 0 spiro atoms. The zero-order valence-electron chi connectivity index (χ0n) is 9.35. The minimum absolute atomic E-state index is 0.142. The molecule has 0 radical (unpaired) electrons. The summed E-state index contributed by atoms with van der Waals surface area (Å²) in [6.45, 7) is 0.